The normalized spacial score (nSPS) is 6.25. The van der Waals surface area contributed by atoms with Crippen LogP contribution in [-0.4, -0.2) is 4.55 Å². The van der Waals surface area contributed by atoms with Crippen molar-refractivity contribution in [2.24, 2.45) is 4.58 Å². The Balaban J connectivity index is 2.30. The topological polar surface area (TPSA) is 49.7 Å². The summed E-state index contributed by atoms with van der Waals surface area (Å²) in [5.74, 6) is 0. The predicted octanol–water partition coefficient (Wildman–Crippen LogP) is 0.874. The Bertz CT molecular complexity index is 20.0. The fraction of sp³-hybridized carbons (Fsp3) is 0. The van der Waals surface area contributed by atoms with Gasteiger partial charge in [-0.1, -0.05) is 0 Å². The average molecular weight is 79.1 g/mol. The average Bonchev–Trinajstić information content (AvgIpc) is 1.37. The second kappa shape index (κ2) is 2.91. The van der Waals surface area contributed by atoms with Gasteiger partial charge in [0.2, 0.25) is 0 Å². The molecule has 0 aliphatic heterocycles. The number of rotatable bonds is 1. The fourth-order valence-electron chi connectivity index (χ4n) is 0. The molecule has 0 saturated heterocycles. The van der Waals surface area contributed by atoms with Crippen molar-refractivity contribution in [3.05, 3.63) is 4.91 Å². The molecule has 24 valence electrons. The van der Waals surface area contributed by atoms with E-state index < -0.39 is 0 Å². The first-order valence-electron chi connectivity index (χ1n) is 0.548. The molecule has 3 nitrogen and oxygen atoms in total. The molecule has 0 aliphatic rings. The van der Waals surface area contributed by atoms with Crippen LogP contribution < -0.4 is 0 Å². The summed E-state index contributed by atoms with van der Waals surface area (Å²) in [6.07, 6.45) is 0. The lowest BCUT2D eigenvalue weighted by atomic mass is 13.7. The van der Waals surface area contributed by atoms with Crippen molar-refractivity contribution in [3.63, 3.8) is 0 Å². The van der Waals surface area contributed by atoms with Gasteiger partial charge in [-0.2, -0.15) is 0 Å². The molecular weight excluding hydrogens is 78.1 g/mol. The summed E-state index contributed by atoms with van der Waals surface area (Å²) in [5.41, 5.74) is 0. The SMILES string of the molecule is O=NSO. The molecule has 0 bridgehead atoms. The van der Waals surface area contributed by atoms with E-state index in [4.69, 9.17) is 9.46 Å². The molecule has 0 saturated carbocycles. The summed E-state index contributed by atoms with van der Waals surface area (Å²) in [6.45, 7) is 0. The molecule has 0 aromatic rings. The van der Waals surface area contributed by atoms with Gasteiger partial charge in [-0.3, -0.25) is 0 Å². The highest BCUT2D eigenvalue weighted by Crippen LogP contribution is 1.84. The van der Waals surface area contributed by atoms with E-state index in [1.807, 2.05) is 4.58 Å². The first-order valence-corrected chi connectivity index (χ1v) is 1.28. The van der Waals surface area contributed by atoms with E-state index >= 15 is 0 Å². The third-order valence-electron chi connectivity index (χ3n) is 0.0333. The van der Waals surface area contributed by atoms with Gasteiger partial charge in [-0.05, 0) is 0 Å². The molecule has 0 aromatic heterocycles. The third-order valence-corrected chi connectivity index (χ3v) is 0.100. The van der Waals surface area contributed by atoms with Crippen molar-refractivity contribution in [3.8, 4) is 0 Å². The Hall–Kier alpha value is -0.0900. The lowest BCUT2D eigenvalue weighted by molar-refractivity contribution is 0.665. The van der Waals surface area contributed by atoms with Crippen LogP contribution in [0.1, 0.15) is 0 Å². The van der Waals surface area contributed by atoms with Crippen LogP contribution in [0.3, 0.4) is 0 Å². The molecule has 0 radical (unpaired) electrons. The molecule has 0 spiro atoms. The molecule has 4 heteroatoms. The lowest BCUT2D eigenvalue weighted by Crippen LogP contribution is -1.28. The maximum absolute atomic E-state index is 8.64. The van der Waals surface area contributed by atoms with Gasteiger partial charge in [-0.25, -0.2) is 0 Å². The van der Waals surface area contributed by atoms with Crippen molar-refractivity contribution >= 4 is 12.2 Å². The molecule has 0 aromatic carbocycles. The summed E-state index contributed by atoms with van der Waals surface area (Å²) >= 11 is -0.0741. The van der Waals surface area contributed by atoms with Crippen molar-refractivity contribution in [1.29, 1.82) is 0 Å². The van der Waals surface area contributed by atoms with E-state index in [1.165, 1.54) is 0 Å². The number of hydrogen-bond acceptors (Lipinski definition) is 4. The van der Waals surface area contributed by atoms with Gasteiger partial charge in [0.1, 0.15) is 0 Å². The first-order chi connectivity index (χ1) is 1.91. The highest BCUT2D eigenvalue weighted by atomic mass is 32.2. The largest absolute Gasteiger partial charge is 0.308 e. The Morgan fingerprint density at radius 2 is 2.25 bits per heavy atom. The standard InChI is InChI=1S/HNO2S/c2-1-4-3/h3H. The fourth-order valence-corrected chi connectivity index (χ4v) is 0. The van der Waals surface area contributed by atoms with Gasteiger partial charge in [0, 0.05) is 4.58 Å². The van der Waals surface area contributed by atoms with Crippen LogP contribution in [0.4, 0.5) is 0 Å². The van der Waals surface area contributed by atoms with E-state index in [9.17, 15) is 0 Å². The van der Waals surface area contributed by atoms with Gasteiger partial charge in [0.05, 0.1) is 0 Å². The Kier molecular flexibility index (Phi) is 2.84. The smallest absolute Gasteiger partial charge is 0.178 e. The molecule has 0 unspecified atom stereocenters. The molecule has 0 rings (SSSR count). The van der Waals surface area contributed by atoms with Gasteiger partial charge >= 0.3 is 0 Å². The lowest BCUT2D eigenvalue weighted by Gasteiger charge is -1.51. The number of nitroso groups, excluding NO2 is 1. The molecule has 0 aliphatic carbocycles. The summed E-state index contributed by atoms with van der Waals surface area (Å²) in [6, 6.07) is 0. The predicted molar refractivity (Wildman–Crippen MR) is 16.0 cm³/mol. The van der Waals surface area contributed by atoms with Crippen molar-refractivity contribution in [2.75, 3.05) is 0 Å². The van der Waals surface area contributed by atoms with E-state index in [-0.39, 0.29) is 12.2 Å². The minimum absolute atomic E-state index is 0.0741. The second-order valence-electron chi connectivity index (χ2n) is 0.156. The van der Waals surface area contributed by atoms with Crippen LogP contribution in [-0.2, 0) is 0 Å². The van der Waals surface area contributed by atoms with E-state index in [0.29, 0.717) is 0 Å². The van der Waals surface area contributed by atoms with Crippen LogP contribution in [0, 0.1) is 4.91 Å². The van der Waals surface area contributed by atoms with Gasteiger partial charge in [0.25, 0.3) is 0 Å². The van der Waals surface area contributed by atoms with Gasteiger partial charge < -0.3 is 4.55 Å². The molecule has 0 amide bonds. The van der Waals surface area contributed by atoms with Gasteiger partial charge in [0.15, 0.2) is 12.2 Å². The van der Waals surface area contributed by atoms with Crippen molar-refractivity contribution < 1.29 is 4.55 Å². The Morgan fingerprint density at radius 1 is 2.00 bits per heavy atom. The maximum Gasteiger partial charge on any atom is 0.178 e. The summed E-state index contributed by atoms with van der Waals surface area (Å²) < 4.78 is 9.27. The van der Waals surface area contributed by atoms with Crippen LogP contribution in [0.15, 0.2) is 4.58 Å². The van der Waals surface area contributed by atoms with Crippen LogP contribution in [0.5, 0.6) is 0 Å². The minimum atomic E-state index is -0.0741. The molecule has 0 fully saturated rings. The Morgan fingerprint density at radius 3 is 2.25 bits per heavy atom. The zero-order valence-corrected chi connectivity index (χ0v) is 2.53. The molecule has 4 heavy (non-hydrogen) atoms. The monoisotopic (exact) mass is 79.0 g/mol. The van der Waals surface area contributed by atoms with E-state index in [0.717, 1.165) is 0 Å². The maximum atomic E-state index is 8.64. The molecule has 1 N–H and O–H groups in total. The van der Waals surface area contributed by atoms with E-state index in [2.05, 4.69) is 0 Å². The van der Waals surface area contributed by atoms with Crippen LogP contribution >= 0.6 is 12.2 Å². The van der Waals surface area contributed by atoms with Crippen LogP contribution in [0.25, 0.3) is 0 Å². The quantitative estimate of drug-likeness (QED) is 0.288. The number of nitrogens with zero attached hydrogens (tertiary/aromatic N) is 1. The molecular formula is HNO2S. The zero-order chi connectivity index (χ0) is 3.41. The Labute approximate surface area is 27.3 Å². The summed E-state index contributed by atoms with van der Waals surface area (Å²) in [4.78, 5) is 8.64. The summed E-state index contributed by atoms with van der Waals surface area (Å²) in [5, 5.41) is 0. The summed E-state index contributed by atoms with van der Waals surface area (Å²) in [7, 11) is 0. The zero-order valence-electron chi connectivity index (χ0n) is 1.71. The van der Waals surface area contributed by atoms with E-state index in [1.54, 1.807) is 0 Å². The number of hydrogen-bond donors (Lipinski definition) is 1. The van der Waals surface area contributed by atoms with Crippen LogP contribution in [0.2, 0.25) is 0 Å². The van der Waals surface area contributed by atoms with Crippen molar-refractivity contribution in [1.82, 2.24) is 0 Å². The highest BCUT2D eigenvalue weighted by molar-refractivity contribution is 7.92. The minimum Gasteiger partial charge on any atom is -0.308 e. The third kappa shape index (κ3) is 1.91. The van der Waals surface area contributed by atoms with Gasteiger partial charge in [-0.15, -0.1) is 4.91 Å². The second-order valence-corrected chi connectivity index (χ2v) is 0.469. The molecule has 0 heterocycles. The highest BCUT2D eigenvalue weighted by Gasteiger charge is 1.54. The molecule has 0 atom stereocenters. The first kappa shape index (κ1) is 3.91. The van der Waals surface area contributed by atoms with Crippen molar-refractivity contribution in [2.45, 2.75) is 0 Å².